The molecule has 104 valence electrons. The first kappa shape index (κ1) is 17.8. The molecule has 2 heteroatoms. The van der Waals surface area contributed by atoms with Crippen molar-refractivity contribution in [1.82, 2.24) is 0 Å². The quantitative estimate of drug-likeness (QED) is 0.443. The van der Waals surface area contributed by atoms with Gasteiger partial charge in [-0.3, -0.25) is 0 Å². The van der Waals surface area contributed by atoms with E-state index < -0.39 is 0 Å². The maximum Gasteiger partial charge on any atom is 0 e. The summed E-state index contributed by atoms with van der Waals surface area (Å²) in [6.45, 7) is 0. The van der Waals surface area contributed by atoms with Crippen LogP contribution in [0.3, 0.4) is 0 Å². The normalized spacial score (nSPS) is 9.14. The number of hydrogen-bond donors (Lipinski definition) is 0. The summed E-state index contributed by atoms with van der Waals surface area (Å²) in [6, 6.07) is 31.6. The van der Waals surface area contributed by atoms with Gasteiger partial charge in [0.25, 0.3) is 0 Å². The Morgan fingerprint density at radius 2 is 0.667 bits per heavy atom. The van der Waals surface area contributed by atoms with Crippen molar-refractivity contribution < 1.29 is 26.2 Å². The minimum absolute atomic E-state index is 0. The summed E-state index contributed by atoms with van der Waals surface area (Å²) in [4.78, 5) is 0. The molecule has 0 heterocycles. The summed E-state index contributed by atoms with van der Waals surface area (Å²) < 4.78 is 0. The Morgan fingerprint density at radius 3 is 0.905 bits per heavy atom. The van der Waals surface area contributed by atoms with Crippen molar-refractivity contribution in [2.45, 2.75) is 0 Å². The SMILES string of the molecule is Cl.[Zr].c1ccc([C-](c2ccccc2)c2ccccc2)cc1. The Hall–Kier alpha value is -1.30. The number of hydrogen-bond acceptors (Lipinski definition) is 0. The van der Waals surface area contributed by atoms with E-state index in [0.29, 0.717) is 0 Å². The van der Waals surface area contributed by atoms with Crippen molar-refractivity contribution in [2.24, 2.45) is 0 Å². The van der Waals surface area contributed by atoms with Gasteiger partial charge in [0.15, 0.2) is 0 Å². The Bertz CT molecular complexity index is 530. The number of benzene rings is 3. The molecule has 0 nitrogen and oxygen atoms in total. The minimum atomic E-state index is 0. The van der Waals surface area contributed by atoms with Crippen LogP contribution in [-0.4, -0.2) is 0 Å². The van der Waals surface area contributed by atoms with Gasteiger partial charge in [-0.25, -0.2) is 0 Å². The fourth-order valence-electron chi connectivity index (χ4n) is 2.31. The molecule has 0 N–H and O–H groups in total. The van der Waals surface area contributed by atoms with E-state index in [1.807, 2.05) is 0 Å². The van der Waals surface area contributed by atoms with Crippen LogP contribution >= 0.6 is 12.4 Å². The molecule has 0 bridgehead atoms. The van der Waals surface area contributed by atoms with E-state index in [1.54, 1.807) is 0 Å². The molecule has 0 aliphatic heterocycles. The summed E-state index contributed by atoms with van der Waals surface area (Å²) in [7, 11) is 0. The van der Waals surface area contributed by atoms with E-state index >= 15 is 0 Å². The van der Waals surface area contributed by atoms with Gasteiger partial charge in [0.05, 0.1) is 0 Å². The summed E-state index contributed by atoms with van der Waals surface area (Å²) in [5.74, 6) is 1.28. The minimum Gasteiger partial charge on any atom is -0.147 e. The summed E-state index contributed by atoms with van der Waals surface area (Å²) in [5, 5.41) is 0. The van der Waals surface area contributed by atoms with Crippen LogP contribution in [0.1, 0.15) is 16.7 Å². The van der Waals surface area contributed by atoms with Crippen molar-refractivity contribution in [1.29, 1.82) is 0 Å². The fourth-order valence-corrected chi connectivity index (χ4v) is 2.31. The molecule has 0 amide bonds. The number of halogens is 1. The Kier molecular flexibility index (Phi) is 7.50. The molecule has 21 heavy (non-hydrogen) atoms. The third-order valence-corrected chi connectivity index (χ3v) is 3.19. The molecule has 0 aromatic heterocycles. The smallest absolute Gasteiger partial charge is 0 e. The van der Waals surface area contributed by atoms with Crippen molar-refractivity contribution in [3.63, 3.8) is 0 Å². The molecule has 3 aromatic carbocycles. The van der Waals surface area contributed by atoms with Crippen LogP contribution in [0.4, 0.5) is 0 Å². The maximum atomic E-state index is 2.16. The van der Waals surface area contributed by atoms with E-state index in [9.17, 15) is 0 Å². The van der Waals surface area contributed by atoms with Crippen LogP contribution in [0.5, 0.6) is 0 Å². The zero-order valence-corrected chi connectivity index (χ0v) is 14.8. The van der Waals surface area contributed by atoms with Gasteiger partial charge in [-0.2, -0.15) is 0 Å². The van der Waals surface area contributed by atoms with Gasteiger partial charge < -0.3 is 0 Å². The maximum absolute atomic E-state index is 2.16. The standard InChI is InChI=1S/C19H15.ClH.Zr/c1-4-10-16(11-5-1)19(17-12-6-2-7-13-17)18-14-8-3-9-15-18;;/h1-15H;1H;/q-1;;. The van der Waals surface area contributed by atoms with Gasteiger partial charge in [0, 0.05) is 26.2 Å². The third-order valence-electron chi connectivity index (χ3n) is 3.19. The molecule has 0 aliphatic carbocycles. The van der Waals surface area contributed by atoms with Gasteiger partial charge in [0.2, 0.25) is 0 Å². The van der Waals surface area contributed by atoms with Crippen LogP contribution in [0, 0.1) is 5.92 Å². The summed E-state index contributed by atoms with van der Waals surface area (Å²) in [5.41, 5.74) is 3.75. The van der Waals surface area contributed by atoms with Gasteiger partial charge in [0.1, 0.15) is 0 Å². The van der Waals surface area contributed by atoms with E-state index in [4.69, 9.17) is 0 Å². The molecule has 0 fully saturated rings. The first-order valence-corrected chi connectivity index (χ1v) is 6.48. The number of rotatable bonds is 3. The second-order valence-electron chi connectivity index (χ2n) is 4.47. The largest absolute Gasteiger partial charge is 0.147 e. The van der Waals surface area contributed by atoms with E-state index in [-0.39, 0.29) is 38.6 Å². The van der Waals surface area contributed by atoms with Crippen LogP contribution < -0.4 is 0 Å². The van der Waals surface area contributed by atoms with E-state index in [2.05, 4.69) is 91.0 Å². The van der Waals surface area contributed by atoms with Crippen molar-refractivity contribution in [3.8, 4) is 0 Å². The second-order valence-corrected chi connectivity index (χ2v) is 4.47. The van der Waals surface area contributed by atoms with E-state index in [1.165, 1.54) is 22.6 Å². The summed E-state index contributed by atoms with van der Waals surface area (Å²) in [6.07, 6.45) is 0. The Balaban J connectivity index is 0.00000110. The van der Waals surface area contributed by atoms with Crippen molar-refractivity contribution in [2.75, 3.05) is 0 Å². The van der Waals surface area contributed by atoms with Crippen LogP contribution in [0.25, 0.3) is 0 Å². The first-order chi connectivity index (χ1) is 9.45. The van der Waals surface area contributed by atoms with Gasteiger partial charge in [-0.05, 0) is 0 Å². The molecule has 3 rings (SSSR count). The third kappa shape index (κ3) is 4.33. The monoisotopic (exact) mass is 369 g/mol. The van der Waals surface area contributed by atoms with Gasteiger partial charge in [-0.15, -0.1) is 12.4 Å². The average Bonchev–Trinajstić information content (AvgIpc) is 2.51. The zero-order valence-electron chi connectivity index (χ0n) is 11.6. The topological polar surface area (TPSA) is 0 Å². The molecule has 0 aliphatic rings. The summed E-state index contributed by atoms with van der Waals surface area (Å²) >= 11 is 0. The first-order valence-electron chi connectivity index (χ1n) is 6.48. The molecule has 0 saturated carbocycles. The molecule has 0 radical (unpaired) electrons. The van der Waals surface area contributed by atoms with Gasteiger partial charge >= 0.3 is 0 Å². The second kappa shape index (κ2) is 8.87. The zero-order chi connectivity index (χ0) is 12.9. The Morgan fingerprint density at radius 1 is 0.429 bits per heavy atom. The van der Waals surface area contributed by atoms with Crippen molar-refractivity contribution >= 4 is 12.4 Å². The van der Waals surface area contributed by atoms with Crippen LogP contribution in [0.2, 0.25) is 0 Å². The van der Waals surface area contributed by atoms with Gasteiger partial charge in [-0.1, -0.05) is 114 Å². The molecular weight excluding hydrogens is 355 g/mol. The predicted octanol–water partition coefficient (Wildman–Crippen LogP) is 5.13. The fraction of sp³-hybridized carbons (Fsp3) is 0. The Labute approximate surface area is 151 Å². The predicted molar refractivity (Wildman–Crippen MR) is 87.1 cm³/mol. The van der Waals surface area contributed by atoms with E-state index in [0.717, 1.165) is 0 Å². The molecular formula is C19H16ClZr-. The van der Waals surface area contributed by atoms with Crippen LogP contribution in [-0.2, 0) is 26.2 Å². The molecule has 0 spiro atoms. The average molecular weight is 371 g/mol. The van der Waals surface area contributed by atoms with Crippen LogP contribution in [0.15, 0.2) is 91.0 Å². The molecule has 0 atom stereocenters. The molecule has 3 aromatic rings. The van der Waals surface area contributed by atoms with Crippen molar-refractivity contribution in [3.05, 3.63) is 114 Å². The molecule has 0 unspecified atom stereocenters. The molecule has 0 saturated heterocycles.